The van der Waals surface area contributed by atoms with Crippen LogP contribution < -0.4 is 0 Å². The Morgan fingerprint density at radius 2 is 1.91 bits per heavy atom. The number of carbonyl (C=O) groups excluding carboxylic acids is 1. The highest BCUT2D eigenvalue weighted by Crippen LogP contribution is 2.28. The zero-order valence-electron chi connectivity index (χ0n) is 12.8. The minimum Gasteiger partial charge on any atom is -0.396 e. The summed E-state index contributed by atoms with van der Waals surface area (Å²) in [6.07, 6.45) is 3.49. The lowest BCUT2D eigenvalue weighted by molar-refractivity contribution is -0.137. The molecule has 126 valence electrons. The number of pyridine rings is 1. The van der Waals surface area contributed by atoms with E-state index in [-0.39, 0.29) is 42.5 Å². The molecule has 0 radical (unpaired) electrons. The Kier molecular flexibility index (Phi) is 4.65. The zero-order valence-corrected chi connectivity index (χ0v) is 13.7. The molecule has 2 aliphatic heterocycles. The lowest BCUT2D eigenvalue weighted by Crippen LogP contribution is -2.60. The number of sulfone groups is 1. The van der Waals surface area contributed by atoms with Crippen LogP contribution in [-0.4, -0.2) is 77.5 Å². The summed E-state index contributed by atoms with van der Waals surface area (Å²) in [5.41, 5.74) is 1.08. The molecule has 3 heterocycles. The molecular formula is C15H21N3O4S. The number of carbonyl (C=O) groups is 1. The monoisotopic (exact) mass is 339 g/mol. The maximum atomic E-state index is 12.2. The first kappa shape index (κ1) is 16.4. The number of aromatic nitrogens is 1. The Hall–Kier alpha value is -1.51. The zero-order chi connectivity index (χ0) is 16.4. The molecule has 2 fully saturated rings. The van der Waals surface area contributed by atoms with Gasteiger partial charge < -0.3 is 10.0 Å². The molecule has 0 saturated carbocycles. The van der Waals surface area contributed by atoms with E-state index in [2.05, 4.69) is 9.88 Å². The maximum absolute atomic E-state index is 12.2. The molecule has 23 heavy (non-hydrogen) atoms. The van der Waals surface area contributed by atoms with Gasteiger partial charge in [0, 0.05) is 44.5 Å². The third-order valence-corrected chi connectivity index (χ3v) is 6.27. The van der Waals surface area contributed by atoms with Crippen LogP contribution >= 0.6 is 0 Å². The van der Waals surface area contributed by atoms with Gasteiger partial charge in [-0.2, -0.15) is 0 Å². The van der Waals surface area contributed by atoms with Gasteiger partial charge in [-0.05, 0) is 17.7 Å². The number of aliphatic hydroxyl groups excluding tert-OH is 1. The fourth-order valence-corrected chi connectivity index (χ4v) is 5.50. The van der Waals surface area contributed by atoms with Crippen molar-refractivity contribution >= 4 is 15.7 Å². The van der Waals surface area contributed by atoms with Gasteiger partial charge in [-0.25, -0.2) is 8.42 Å². The van der Waals surface area contributed by atoms with Gasteiger partial charge in [0.15, 0.2) is 9.84 Å². The summed E-state index contributed by atoms with van der Waals surface area (Å²) in [6, 6.07) is 3.35. The van der Waals surface area contributed by atoms with Crippen molar-refractivity contribution in [2.75, 3.05) is 31.2 Å². The first-order chi connectivity index (χ1) is 11.0. The van der Waals surface area contributed by atoms with Crippen LogP contribution in [0.3, 0.4) is 0 Å². The van der Waals surface area contributed by atoms with Crippen LogP contribution in [0.1, 0.15) is 12.0 Å². The third-order valence-electron chi connectivity index (χ3n) is 4.57. The highest BCUT2D eigenvalue weighted by molar-refractivity contribution is 7.91. The molecule has 1 aromatic rings. The van der Waals surface area contributed by atoms with Crippen LogP contribution in [0.5, 0.6) is 0 Å². The van der Waals surface area contributed by atoms with Gasteiger partial charge in [0.2, 0.25) is 5.91 Å². The molecule has 0 unspecified atom stereocenters. The van der Waals surface area contributed by atoms with Crippen molar-refractivity contribution < 1.29 is 18.3 Å². The molecule has 0 spiro atoms. The molecule has 2 aliphatic rings. The van der Waals surface area contributed by atoms with E-state index >= 15 is 0 Å². The molecule has 1 amide bonds. The van der Waals surface area contributed by atoms with E-state index in [4.69, 9.17) is 5.11 Å². The van der Waals surface area contributed by atoms with E-state index in [0.29, 0.717) is 19.6 Å². The second-order valence-electron chi connectivity index (χ2n) is 6.10. The Balaban J connectivity index is 1.79. The molecule has 7 nitrogen and oxygen atoms in total. The van der Waals surface area contributed by atoms with Crippen LogP contribution in [-0.2, 0) is 21.2 Å². The average molecular weight is 339 g/mol. The molecule has 0 bridgehead atoms. The van der Waals surface area contributed by atoms with Gasteiger partial charge in [0.25, 0.3) is 0 Å². The van der Waals surface area contributed by atoms with Crippen molar-refractivity contribution in [3.05, 3.63) is 30.1 Å². The van der Waals surface area contributed by atoms with E-state index in [1.165, 1.54) is 0 Å². The first-order valence-electron chi connectivity index (χ1n) is 7.74. The SMILES string of the molecule is O=C(CCO)N1CCN(Cc2ccncc2)[C@@H]2CS(=O)(=O)C[C@@H]21. The average Bonchev–Trinajstić information content (AvgIpc) is 2.84. The third kappa shape index (κ3) is 3.54. The summed E-state index contributed by atoms with van der Waals surface area (Å²) < 4.78 is 24.2. The topological polar surface area (TPSA) is 90.8 Å². The molecule has 2 saturated heterocycles. The summed E-state index contributed by atoms with van der Waals surface area (Å²) >= 11 is 0. The van der Waals surface area contributed by atoms with E-state index in [1.807, 2.05) is 12.1 Å². The van der Waals surface area contributed by atoms with Gasteiger partial charge in [0.1, 0.15) is 0 Å². The van der Waals surface area contributed by atoms with Crippen molar-refractivity contribution in [3.63, 3.8) is 0 Å². The Labute approximate surface area is 135 Å². The summed E-state index contributed by atoms with van der Waals surface area (Å²) in [6.45, 7) is 1.58. The Morgan fingerprint density at radius 3 is 2.61 bits per heavy atom. The van der Waals surface area contributed by atoms with Crippen molar-refractivity contribution in [1.82, 2.24) is 14.8 Å². The molecule has 2 atom stereocenters. The molecule has 1 aromatic heterocycles. The fraction of sp³-hybridized carbons (Fsp3) is 0.600. The molecule has 0 aromatic carbocycles. The molecule has 0 aliphatic carbocycles. The number of hydrogen-bond donors (Lipinski definition) is 1. The van der Waals surface area contributed by atoms with Gasteiger partial charge in [0.05, 0.1) is 24.2 Å². The number of aliphatic hydroxyl groups is 1. The lowest BCUT2D eigenvalue weighted by Gasteiger charge is -2.44. The van der Waals surface area contributed by atoms with E-state index in [9.17, 15) is 13.2 Å². The molecule has 8 heteroatoms. The highest BCUT2D eigenvalue weighted by Gasteiger charge is 2.47. The minimum atomic E-state index is -3.15. The second-order valence-corrected chi connectivity index (χ2v) is 8.25. The minimum absolute atomic E-state index is 0.0156. The smallest absolute Gasteiger partial charge is 0.225 e. The van der Waals surface area contributed by atoms with Crippen molar-refractivity contribution in [1.29, 1.82) is 0 Å². The quantitative estimate of drug-likeness (QED) is 0.778. The van der Waals surface area contributed by atoms with Crippen LogP contribution in [0.4, 0.5) is 0 Å². The summed E-state index contributed by atoms with van der Waals surface area (Å²) in [5.74, 6) is -0.0592. The first-order valence-corrected chi connectivity index (χ1v) is 9.56. The second kappa shape index (κ2) is 6.54. The van der Waals surface area contributed by atoms with Crippen LogP contribution in [0.2, 0.25) is 0 Å². The normalized spacial score (nSPS) is 26.9. The number of amides is 1. The molecular weight excluding hydrogens is 318 g/mol. The van der Waals surface area contributed by atoms with Crippen molar-refractivity contribution in [3.8, 4) is 0 Å². The van der Waals surface area contributed by atoms with Gasteiger partial charge in [-0.1, -0.05) is 0 Å². The summed E-state index contributed by atoms with van der Waals surface area (Å²) in [4.78, 5) is 19.9. The Morgan fingerprint density at radius 1 is 1.22 bits per heavy atom. The van der Waals surface area contributed by atoms with Crippen molar-refractivity contribution in [2.24, 2.45) is 0 Å². The largest absolute Gasteiger partial charge is 0.396 e. The highest BCUT2D eigenvalue weighted by atomic mass is 32.2. The number of fused-ring (bicyclic) bond motifs is 1. The molecule has 1 N–H and O–H groups in total. The Bertz CT molecular complexity index is 665. The standard InChI is InChI=1S/C15H21N3O4S/c19-8-3-15(20)18-7-6-17(9-12-1-4-16-5-2-12)13-10-23(21,22)11-14(13)18/h1-2,4-5,13-14,19H,3,6-11H2/t13-,14+/m1/s1. The van der Waals surface area contributed by atoms with E-state index in [0.717, 1.165) is 5.56 Å². The fourth-order valence-electron chi connectivity index (χ4n) is 3.49. The maximum Gasteiger partial charge on any atom is 0.225 e. The van der Waals surface area contributed by atoms with E-state index in [1.54, 1.807) is 17.3 Å². The number of hydrogen-bond acceptors (Lipinski definition) is 6. The number of rotatable bonds is 4. The van der Waals surface area contributed by atoms with Crippen LogP contribution in [0.15, 0.2) is 24.5 Å². The lowest BCUT2D eigenvalue weighted by atomic mass is 10.0. The van der Waals surface area contributed by atoms with Crippen LogP contribution in [0.25, 0.3) is 0 Å². The number of nitrogens with zero attached hydrogens (tertiary/aromatic N) is 3. The van der Waals surface area contributed by atoms with E-state index < -0.39 is 9.84 Å². The predicted molar refractivity (Wildman–Crippen MR) is 84.3 cm³/mol. The van der Waals surface area contributed by atoms with Gasteiger partial charge in [-0.3, -0.25) is 14.7 Å². The van der Waals surface area contributed by atoms with Crippen LogP contribution in [0, 0.1) is 0 Å². The predicted octanol–water partition coefficient (Wildman–Crippen LogP) is -0.726. The summed E-state index contributed by atoms with van der Waals surface area (Å²) in [7, 11) is -3.15. The van der Waals surface area contributed by atoms with Gasteiger partial charge in [-0.15, -0.1) is 0 Å². The number of piperazine rings is 1. The summed E-state index contributed by atoms with van der Waals surface area (Å²) in [5, 5.41) is 8.98. The molecule has 3 rings (SSSR count). The van der Waals surface area contributed by atoms with Crippen molar-refractivity contribution in [2.45, 2.75) is 25.0 Å². The van der Waals surface area contributed by atoms with Gasteiger partial charge >= 0.3 is 0 Å².